The Kier molecular flexibility index (Phi) is 6.41. The summed E-state index contributed by atoms with van der Waals surface area (Å²) in [5.74, 6) is 1.84. The molecule has 0 bridgehead atoms. The zero-order valence-corrected chi connectivity index (χ0v) is 17.6. The molecule has 4 rings (SSSR count). The van der Waals surface area contributed by atoms with Gasteiger partial charge in [-0.15, -0.1) is 0 Å². The van der Waals surface area contributed by atoms with Gasteiger partial charge in [0.1, 0.15) is 5.75 Å². The number of fused-ring (bicyclic) bond motifs is 1. The van der Waals surface area contributed by atoms with Gasteiger partial charge < -0.3 is 15.0 Å². The van der Waals surface area contributed by atoms with Gasteiger partial charge in [-0.25, -0.2) is 0 Å². The molecule has 1 aliphatic heterocycles. The standard InChI is InChI=1S/C24H34N2O3/c1-29-22-16-19(25-23(27)15-17-7-2-3-8-17)12-13-20(22)24(28)26-14-6-10-18-9-4-5-11-21(18)26/h12-13,16-18,21H,2-11,14-15H2,1H3,(H,25,27)/t18-,21?/m0/s1. The van der Waals surface area contributed by atoms with E-state index in [4.69, 9.17) is 4.74 Å². The summed E-state index contributed by atoms with van der Waals surface area (Å²) in [7, 11) is 1.59. The summed E-state index contributed by atoms with van der Waals surface area (Å²) >= 11 is 0. The lowest BCUT2D eigenvalue weighted by Gasteiger charge is -2.44. The lowest BCUT2D eigenvalue weighted by Crippen LogP contribution is -2.49. The van der Waals surface area contributed by atoms with Gasteiger partial charge in [0.15, 0.2) is 0 Å². The summed E-state index contributed by atoms with van der Waals surface area (Å²) in [5, 5.41) is 2.99. The average molecular weight is 399 g/mol. The predicted octanol–water partition coefficient (Wildman–Crippen LogP) is 5.01. The average Bonchev–Trinajstić information content (AvgIpc) is 3.25. The third kappa shape index (κ3) is 4.59. The highest BCUT2D eigenvalue weighted by atomic mass is 16.5. The molecule has 5 nitrogen and oxygen atoms in total. The second-order valence-corrected chi connectivity index (χ2v) is 9.07. The molecule has 0 spiro atoms. The van der Waals surface area contributed by atoms with Crippen molar-refractivity contribution in [2.24, 2.45) is 11.8 Å². The number of carbonyl (C=O) groups is 2. The van der Waals surface area contributed by atoms with Crippen LogP contribution in [0.4, 0.5) is 5.69 Å². The topological polar surface area (TPSA) is 58.6 Å². The van der Waals surface area contributed by atoms with Crippen molar-refractivity contribution in [1.82, 2.24) is 4.90 Å². The highest BCUT2D eigenvalue weighted by Crippen LogP contribution is 2.37. The molecule has 3 fully saturated rings. The molecule has 0 radical (unpaired) electrons. The molecule has 2 saturated carbocycles. The minimum Gasteiger partial charge on any atom is -0.496 e. The van der Waals surface area contributed by atoms with Crippen molar-refractivity contribution in [3.63, 3.8) is 0 Å². The normalized spacial score (nSPS) is 24.8. The Balaban J connectivity index is 1.45. The van der Waals surface area contributed by atoms with Crippen molar-refractivity contribution in [3.05, 3.63) is 23.8 Å². The van der Waals surface area contributed by atoms with E-state index in [2.05, 4.69) is 10.2 Å². The Labute approximate surface area is 174 Å². The molecule has 29 heavy (non-hydrogen) atoms. The first-order valence-electron chi connectivity index (χ1n) is 11.4. The van der Waals surface area contributed by atoms with Gasteiger partial charge >= 0.3 is 0 Å². The number of nitrogens with one attached hydrogen (secondary N) is 1. The number of benzene rings is 1. The van der Waals surface area contributed by atoms with Crippen LogP contribution in [0.1, 0.15) is 81.0 Å². The van der Waals surface area contributed by atoms with Crippen LogP contribution in [0.2, 0.25) is 0 Å². The van der Waals surface area contributed by atoms with E-state index in [1.807, 2.05) is 12.1 Å². The summed E-state index contributed by atoms with van der Waals surface area (Å²) in [6, 6.07) is 5.83. The highest BCUT2D eigenvalue weighted by molar-refractivity contribution is 5.99. The van der Waals surface area contributed by atoms with Gasteiger partial charge in [0.05, 0.1) is 12.7 Å². The van der Waals surface area contributed by atoms with Crippen molar-refractivity contribution in [3.8, 4) is 5.75 Å². The van der Waals surface area contributed by atoms with Gasteiger partial charge in [-0.3, -0.25) is 9.59 Å². The van der Waals surface area contributed by atoms with Gasteiger partial charge in [0, 0.05) is 30.8 Å². The smallest absolute Gasteiger partial charge is 0.257 e. The van der Waals surface area contributed by atoms with E-state index in [-0.39, 0.29) is 11.8 Å². The number of nitrogens with zero attached hydrogens (tertiary/aromatic N) is 1. The van der Waals surface area contributed by atoms with E-state index >= 15 is 0 Å². The Bertz CT molecular complexity index is 740. The number of hydrogen-bond acceptors (Lipinski definition) is 3. The summed E-state index contributed by atoms with van der Waals surface area (Å²) < 4.78 is 5.55. The fourth-order valence-corrected chi connectivity index (χ4v) is 5.67. The van der Waals surface area contributed by atoms with Crippen molar-refractivity contribution < 1.29 is 14.3 Å². The molecular formula is C24H34N2O3. The molecule has 2 amide bonds. The zero-order chi connectivity index (χ0) is 20.2. The van der Waals surface area contributed by atoms with Gasteiger partial charge in [0.2, 0.25) is 5.91 Å². The van der Waals surface area contributed by atoms with Gasteiger partial charge in [0.25, 0.3) is 5.91 Å². The maximum absolute atomic E-state index is 13.4. The van der Waals surface area contributed by atoms with Crippen LogP contribution >= 0.6 is 0 Å². The van der Waals surface area contributed by atoms with Crippen LogP contribution in [0, 0.1) is 11.8 Å². The second kappa shape index (κ2) is 9.19. The van der Waals surface area contributed by atoms with Crippen LogP contribution in [-0.4, -0.2) is 36.4 Å². The maximum Gasteiger partial charge on any atom is 0.257 e. The maximum atomic E-state index is 13.4. The Morgan fingerprint density at radius 2 is 1.76 bits per heavy atom. The Morgan fingerprint density at radius 3 is 2.55 bits per heavy atom. The van der Waals surface area contributed by atoms with E-state index in [0.29, 0.717) is 41.3 Å². The van der Waals surface area contributed by atoms with E-state index in [9.17, 15) is 9.59 Å². The molecule has 1 N–H and O–H groups in total. The van der Waals surface area contributed by atoms with E-state index in [1.54, 1.807) is 13.2 Å². The van der Waals surface area contributed by atoms with Crippen LogP contribution in [0.3, 0.4) is 0 Å². The molecule has 1 heterocycles. The van der Waals surface area contributed by atoms with Gasteiger partial charge in [-0.05, 0) is 62.5 Å². The second-order valence-electron chi connectivity index (χ2n) is 9.07. The van der Waals surface area contributed by atoms with Crippen molar-refractivity contribution >= 4 is 17.5 Å². The minimum absolute atomic E-state index is 0.0547. The summed E-state index contributed by atoms with van der Waals surface area (Å²) in [6.45, 7) is 0.836. The quantitative estimate of drug-likeness (QED) is 0.758. The first-order chi connectivity index (χ1) is 14.2. The number of methoxy groups -OCH3 is 1. The monoisotopic (exact) mass is 398 g/mol. The largest absolute Gasteiger partial charge is 0.496 e. The number of ether oxygens (including phenoxy) is 1. The first kappa shape index (κ1) is 20.2. The van der Waals surface area contributed by atoms with Crippen LogP contribution in [-0.2, 0) is 4.79 Å². The molecule has 5 heteroatoms. The lowest BCUT2D eigenvalue weighted by atomic mass is 9.78. The number of likely N-dealkylation sites (tertiary alicyclic amines) is 1. The summed E-state index contributed by atoms with van der Waals surface area (Å²) in [5.41, 5.74) is 1.31. The number of amides is 2. The fraction of sp³-hybridized carbons (Fsp3) is 0.667. The molecule has 1 saturated heterocycles. The van der Waals surface area contributed by atoms with Crippen molar-refractivity contribution in [2.75, 3.05) is 19.0 Å². The number of rotatable bonds is 5. The molecule has 1 unspecified atom stereocenters. The molecule has 2 atom stereocenters. The Hall–Kier alpha value is -2.04. The lowest BCUT2D eigenvalue weighted by molar-refractivity contribution is -0.117. The molecule has 3 aliphatic rings. The molecule has 158 valence electrons. The highest BCUT2D eigenvalue weighted by Gasteiger charge is 2.36. The van der Waals surface area contributed by atoms with Crippen LogP contribution in [0.15, 0.2) is 18.2 Å². The Morgan fingerprint density at radius 1 is 1.03 bits per heavy atom. The van der Waals surface area contributed by atoms with E-state index in [0.717, 1.165) is 32.2 Å². The fourth-order valence-electron chi connectivity index (χ4n) is 5.67. The SMILES string of the molecule is COc1cc(NC(=O)CC2CCCC2)ccc1C(=O)N1CCC[C@@H]2CCCCC21. The van der Waals surface area contributed by atoms with Crippen LogP contribution in [0.25, 0.3) is 0 Å². The minimum atomic E-state index is 0.0547. The van der Waals surface area contributed by atoms with Gasteiger partial charge in [-0.2, -0.15) is 0 Å². The molecule has 0 aromatic heterocycles. The van der Waals surface area contributed by atoms with Crippen LogP contribution < -0.4 is 10.1 Å². The van der Waals surface area contributed by atoms with Crippen molar-refractivity contribution in [1.29, 1.82) is 0 Å². The van der Waals surface area contributed by atoms with E-state index < -0.39 is 0 Å². The number of hydrogen-bond donors (Lipinski definition) is 1. The molecule has 1 aromatic rings. The third-order valence-corrected chi connectivity index (χ3v) is 7.17. The number of piperidine rings is 1. The number of anilines is 1. The molecular weight excluding hydrogens is 364 g/mol. The third-order valence-electron chi connectivity index (χ3n) is 7.17. The van der Waals surface area contributed by atoms with Crippen molar-refractivity contribution in [2.45, 2.75) is 76.7 Å². The van der Waals surface area contributed by atoms with Crippen LogP contribution in [0.5, 0.6) is 5.75 Å². The van der Waals surface area contributed by atoms with Gasteiger partial charge in [-0.1, -0.05) is 25.7 Å². The predicted molar refractivity (Wildman–Crippen MR) is 114 cm³/mol. The summed E-state index contributed by atoms with van der Waals surface area (Å²) in [4.78, 5) is 27.8. The molecule has 2 aliphatic carbocycles. The zero-order valence-electron chi connectivity index (χ0n) is 17.6. The summed E-state index contributed by atoms with van der Waals surface area (Å²) in [6.07, 6.45) is 12.6. The molecule has 1 aromatic carbocycles. The first-order valence-corrected chi connectivity index (χ1v) is 11.4. The number of carbonyl (C=O) groups excluding carboxylic acids is 2. The van der Waals surface area contributed by atoms with E-state index in [1.165, 1.54) is 38.5 Å².